The highest BCUT2D eigenvalue weighted by Gasteiger charge is 2.49. The molecule has 0 aromatic heterocycles. The molecule has 6 N–H and O–H groups in total. The van der Waals surface area contributed by atoms with E-state index in [2.05, 4.69) is 4.90 Å². The molecule has 274 valence electrons. The number of hydrogen-bond donors (Lipinski definition) is 6. The highest BCUT2D eigenvalue weighted by Crippen LogP contribution is 2.35. The van der Waals surface area contributed by atoms with Gasteiger partial charge in [-0.2, -0.15) is 0 Å². The summed E-state index contributed by atoms with van der Waals surface area (Å²) < 4.78 is 29.6. The molecule has 0 amide bonds. The quantitative estimate of drug-likeness (QED) is 0.135. The summed E-state index contributed by atoms with van der Waals surface area (Å²) in [5.74, 6) is 0.284. The van der Waals surface area contributed by atoms with Crippen LogP contribution < -0.4 is 4.74 Å². The van der Waals surface area contributed by atoms with Crippen molar-refractivity contribution in [1.29, 1.82) is 0 Å². The fourth-order valence-electron chi connectivity index (χ4n) is 7.07. The number of rotatable bonds is 12. The molecule has 4 aliphatic heterocycles. The van der Waals surface area contributed by atoms with Gasteiger partial charge in [0.05, 0.1) is 25.4 Å². The second kappa shape index (κ2) is 16.7. The summed E-state index contributed by atoms with van der Waals surface area (Å²) in [5.41, 5.74) is 3.79. The molecular formula is C36H53NO12. The summed E-state index contributed by atoms with van der Waals surface area (Å²) in [6.07, 6.45) is -5.55. The number of ether oxygens (including phenoxy) is 5. The minimum absolute atomic E-state index is 0.295. The van der Waals surface area contributed by atoms with Crippen molar-refractivity contribution in [2.24, 2.45) is 5.92 Å². The van der Waals surface area contributed by atoms with Crippen molar-refractivity contribution in [2.45, 2.75) is 121 Å². The van der Waals surface area contributed by atoms with Crippen LogP contribution in [0.4, 0.5) is 0 Å². The second-order valence-corrected chi connectivity index (χ2v) is 14.2. The molecule has 4 saturated heterocycles. The van der Waals surface area contributed by atoms with Crippen LogP contribution >= 0.6 is 0 Å². The zero-order valence-electron chi connectivity index (χ0n) is 28.8. The zero-order valence-corrected chi connectivity index (χ0v) is 28.8. The first-order valence-corrected chi connectivity index (χ1v) is 17.3. The van der Waals surface area contributed by atoms with Gasteiger partial charge in [0.15, 0.2) is 12.4 Å². The van der Waals surface area contributed by atoms with Crippen LogP contribution in [-0.2, 0) is 31.8 Å². The number of esters is 1. The van der Waals surface area contributed by atoms with Crippen LogP contribution in [-0.4, -0.2) is 136 Å². The van der Waals surface area contributed by atoms with E-state index in [4.69, 9.17) is 23.7 Å². The third-order valence-electron chi connectivity index (χ3n) is 9.92. The van der Waals surface area contributed by atoms with Gasteiger partial charge in [0.2, 0.25) is 6.29 Å². The smallest absolute Gasteiger partial charge is 0.338 e. The Morgan fingerprint density at radius 1 is 0.898 bits per heavy atom. The summed E-state index contributed by atoms with van der Waals surface area (Å²) in [6, 6.07) is 3.94. The zero-order chi connectivity index (χ0) is 35.4. The third-order valence-corrected chi connectivity index (χ3v) is 9.92. The molecular weight excluding hydrogens is 638 g/mol. The molecule has 49 heavy (non-hydrogen) atoms. The van der Waals surface area contributed by atoms with Crippen molar-refractivity contribution in [1.82, 2.24) is 4.90 Å². The van der Waals surface area contributed by atoms with E-state index >= 15 is 0 Å². The normalized spacial score (nSPS) is 34.7. The molecule has 0 radical (unpaired) electrons. The summed E-state index contributed by atoms with van der Waals surface area (Å²) in [4.78, 5) is 16.0. The van der Waals surface area contributed by atoms with Crippen LogP contribution in [0.5, 0.6) is 5.75 Å². The number of carbonyl (C=O) groups excluding carboxylic acids is 1. The minimum atomic E-state index is -1.75. The lowest BCUT2D eigenvalue weighted by Gasteiger charge is -2.44. The Kier molecular flexibility index (Phi) is 12.9. The van der Waals surface area contributed by atoms with Gasteiger partial charge in [-0.1, -0.05) is 23.3 Å². The topological polar surface area (TPSA) is 188 Å². The van der Waals surface area contributed by atoms with Crippen LogP contribution in [0.15, 0.2) is 35.4 Å². The largest absolute Gasteiger partial charge is 0.462 e. The molecule has 13 heteroatoms. The van der Waals surface area contributed by atoms with Crippen molar-refractivity contribution in [3.8, 4) is 5.75 Å². The lowest BCUT2D eigenvalue weighted by Crippen LogP contribution is -2.63. The maximum atomic E-state index is 13.6. The fourth-order valence-corrected chi connectivity index (χ4v) is 7.07. The molecule has 4 fully saturated rings. The first kappa shape index (κ1) is 37.8. The molecule has 11 atom stereocenters. The number of fused-ring (bicyclic) bond motifs is 1. The summed E-state index contributed by atoms with van der Waals surface area (Å²) in [5, 5.41) is 62.3. The maximum Gasteiger partial charge on any atom is 0.338 e. The molecule has 0 bridgehead atoms. The van der Waals surface area contributed by atoms with Gasteiger partial charge in [-0.25, -0.2) is 4.79 Å². The summed E-state index contributed by atoms with van der Waals surface area (Å²) in [7, 11) is 0. The summed E-state index contributed by atoms with van der Waals surface area (Å²) in [6.45, 7) is 9.38. The van der Waals surface area contributed by atoms with Gasteiger partial charge < -0.3 is 54.3 Å². The number of aliphatic hydroxyl groups is 6. The fraction of sp³-hybridized carbons (Fsp3) is 0.694. The van der Waals surface area contributed by atoms with E-state index in [-0.39, 0.29) is 6.61 Å². The molecule has 13 nitrogen and oxygen atoms in total. The van der Waals surface area contributed by atoms with Gasteiger partial charge >= 0.3 is 5.97 Å². The monoisotopic (exact) mass is 691 g/mol. The van der Waals surface area contributed by atoms with Gasteiger partial charge in [0, 0.05) is 12.0 Å². The predicted molar refractivity (Wildman–Crippen MR) is 177 cm³/mol. The van der Waals surface area contributed by atoms with Gasteiger partial charge in [-0.15, -0.1) is 0 Å². The first-order chi connectivity index (χ1) is 23.4. The van der Waals surface area contributed by atoms with Crippen LogP contribution in [0.2, 0.25) is 0 Å². The van der Waals surface area contributed by atoms with E-state index < -0.39 is 67.9 Å². The van der Waals surface area contributed by atoms with Crippen LogP contribution in [0.1, 0.15) is 68.4 Å². The number of benzene rings is 1. The minimum Gasteiger partial charge on any atom is -0.462 e. The molecule has 4 heterocycles. The molecule has 4 aliphatic rings. The first-order valence-electron chi connectivity index (χ1n) is 17.3. The number of nitrogens with zero attached hydrogens (tertiary/aromatic N) is 1. The van der Waals surface area contributed by atoms with Gasteiger partial charge in [0.1, 0.15) is 42.4 Å². The highest BCUT2D eigenvalue weighted by molar-refractivity contribution is 5.90. The van der Waals surface area contributed by atoms with E-state index in [1.165, 1.54) is 6.42 Å². The lowest BCUT2D eigenvalue weighted by atomic mass is 9.97. The van der Waals surface area contributed by atoms with Crippen molar-refractivity contribution in [3.05, 3.63) is 52.1 Å². The Labute approximate surface area is 287 Å². The van der Waals surface area contributed by atoms with Gasteiger partial charge in [-0.3, -0.25) is 4.90 Å². The molecule has 1 aromatic rings. The Balaban J connectivity index is 1.44. The van der Waals surface area contributed by atoms with E-state index in [1.54, 1.807) is 12.1 Å². The molecule has 5 rings (SSSR count). The lowest BCUT2D eigenvalue weighted by molar-refractivity contribution is -0.348. The number of allylic oxidation sites excluding steroid dienone is 4. The Morgan fingerprint density at radius 3 is 2.20 bits per heavy atom. The molecule has 1 aromatic carbocycles. The van der Waals surface area contributed by atoms with Gasteiger partial charge in [0.25, 0.3) is 0 Å². The number of carbonyl (C=O) groups is 1. The van der Waals surface area contributed by atoms with E-state index in [0.29, 0.717) is 53.8 Å². The Morgan fingerprint density at radius 2 is 1.57 bits per heavy atom. The second-order valence-electron chi connectivity index (χ2n) is 14.2. The van der Waals surface area contributed by atoms with Crippen LogP contribution in [0.3, 0.4) is 0 Å². The van der Waals surface area contributed by atoms with Crippen molar-refractivity contribution >= 4 is 5.97 Å². The van der Waals surface area contributed by atoms with Crippen LogP contribution in [0.25, 0.3) is 0 Å². The van der Waals surface area contributed by atoms with Crippen LogP contribution in [0, 0.1) is 5.92 Å². The molecule has 0 aliphatic carbocycles. The van der Waals surface area contributed by atoms with E-state index in [9.17, 15) is 35.4 Å². The SMILES string of the molecule is CC(C)=CCc1cc(C(=O)OC[C@H]2CCN3CCC[C@@H]23)cc(CC=C(C)C)c1O[C@@H]1OC[C@H](O)[C@H](O)[C@H]1O[C@@H]1O[C@H](CO)[C@@H](O)[C@H](O)[C@H]1O. The standard InChI is InChI=1S/C36H53NO12/c1-19(2)7-9-21-14-24(34(44)45-17-23-11-13-37-12-5-6-25(23)37)15-22(10-8-20(3)4)32(21)48-36-33(28(40)26(39)18-46-36)49-35-31(43)30(42)29(41)27(16-38)47-35/h7-8,14-15,23,25-31,33,35-36,38-43H,5-6,9-13,16-18H2,1-4H3/t23-,25+,26+,27-,28+,29-,30+,31-,33-,35+,36+/m1/s1. The molecule has 0 spiro atoms. The van der Waals surface area contributed by atoms with Gasteiger partial charge in [-0.05, 0) is 96.1 Å². The summed E-state index contributed by atoms with van der Waals surface area (Å²) >= 11 is 0. The van der Waals surface area contributed by atoms with E-state index in [0.717, 1.165) is 37.1 Å². The maximum absolute atomic E-state index is 13.6. The number of hydrogen-bond acceptors (Lipinski definition) is 13. The average Bonchev–Trinajstić information content (AvgIpc) is 3.70. The van der Waals surface area contributed by atoms with Crippen molar-refractivity contribution < 1.29 is 59.1 Å². The van der Waals surface area contributed by atoms with Crippen molar-refractivity contribution in [2.75, 3.05) is 32.9 Å². The number of aliphatic hydroxyl groups excluding tert-OH is 6. The Bertz CT molecular complexity index is 1300. The van der Waals surface area contributed by atoms with Crippen molar-refractivity contribution in [3.63, 3.8) is 0 Å². The van der Waals surface area contributed by atoms with E-state index in [1.807, 2.05) is 39.8 Å². The predicted octanol–water partition coefficient (Wildman–Crippen LogP) is 0.987. The molecule has 0 saturated carbocycles. The third kappa shape index (κ3) is 8.90. The highest BCUT2D eigenvalue weighted by atomic mass is 16.8. The molecule has 0 unspecified atom stereocenters. The average molecular weight is 692 g/mol. The Hall–Kier alpha value is -2.43.